The van der Waals surface area contributed by atoms with Crippen LogP contribution in [0.4, 0.5) is 5.69 Å². The molecule has 0 spiro atoms. The Morgan fingerprint density at radius 3 is 2.20 bits per heavy atom. The number of aromatic carboxylic acids is 1. The molecule has 41 heavy (non-hydrogen) atoms. The molecule has 5 aromatic rings. The summed E-state index contributed by atoms with van der Waals surface area (Å²) < 4.78 is 8.16. The minimum Gasteiger partial charge on any atom is -0.478 e. The fraction of sp³-hybridized carbons (Fsp3) is 0.121. The van der Waals surface area contributed by atoms with Crippen LogP contribution in [0.2, 0.25) is 0 Å². The van der Waals surface area contributed by atoms with Crippen molar-refractivity contribution in [2.75, 3.05) is 4.90 Å². The van der Waals surface area contributed by atoms with Crippen LogP contribution in [0.25, 0.3) is 5.69 Å². The number of ether oxygens (including phenoxy) is 1. The first kappa shape index (κ1) is 26.3. The first-order valence-electron chi connectivity index (χ1n) is 13.3. The molecule has 8 heteroatoms. The van der Waals surface area contributed by atoms with Crippen LogP contribution in [-0.4, -0.2) is 25.7 Å². The number of rotatable bonds is 7. The molecule has 204 valence electrons. The first-order valence-corrected chi connectivity index (χ1v) is 13.7. The monoisotopic (exact) mass is 560 g/mol. The molecule has 1 fully saturated rings. The highest BCUT2D eigenvalue weighted by molar-refractivity contribution is 7.80. The maximum atomic E-state index is 11.4. The summed E-state index contributed by atoms with van der Waals surface area (Å²) in [6.45, 7) is 4.14. The number of hydrogen-bond donors (Lipinski definition) is 2. The first-order chi connectivity index (χ1) is 19.9. The maximum Gasteiger partial charge on any atom is 0.335 e. The molecule has 2 atom stereocenters. The fourth-order valence-electron chi connectivity index (χ4n) is 5.49. The van der Waals surface area contributed by atoms with Crippen molar-refractivity contribution in [1.82, 2.24) is 14.9 Å². The van der Waals surface area contributed by atoms with Gasteiger partial charge < -0.3 is 24.6 Å². The van der Waals surface area contributed by atoms with Gasteiger partial charge in [-0.15, -0.1) is 0 Å². The predicted molar refractivity (Wildman–Crippen MR) is 163 cm³/mol. The van der Waals surface area contributed by atoms with Crippen molar-refractivity contribution in [2.45, 2.75) is 25.9 Å². The van der Waals surface area contributed by atoms with Crippen molar-refractivity contribution in [3.8, 4) is 17.2 Å². The summed E-state index contributed by atoms with van der Waals surface area (Å²) in [4.78, 5) is 18.2. The van der Waals surface area contributed by atoms with E-state index in [-0.39, 0.29) is 17.6 Å². The number of para-hydroxylation sites is 1. The van der Waals surface area contributed by atoms with Crippen LogP contribution >= 0.6 is 12.2 Å². The third-order valence-electron chi connectivity index (χ3n) is 7.35. The van der Waals surface area contributed by atoms with Gasteiger partial charge in [-0.2, -0.15) is 0 Å². The van der Waals surface area contributed by atoms with E-state index in [4.69, 9.17) is 17.0 Å². The van der Waals surface area contributed by atoms with Gasteiger partial charge in [-0.25, -0.2) is 4.79 Å². The summed E-state index contributed by atoms with van der Waals surface area (Å²) in [5, 5.41) is 13.5. The van der Waals surface area contributed by atoms with Gasteiger partial charge in [0.2, 0.25) is 0 Å². The van der Waals surface area contributed by atoms with Gasteiger partial charge in [-0.05, 0) is 110 Å². The highest BCUT2D eigenvalue weighted by Crippen LogP contribution is 2.44. The molecule has 0 aliphatic carbocycles. The smallest absolute Gasteiger partial charge is 0.335 e. The van der Waals surface area contributed by atoms with E-state index in [9.17, 15) is 9.90 Å². The maximum absolute atomic E-state index is 11.4. The average Bonchev–Trinajstić information content (AvgIpc) is 3.49. The molecule has 1 aliphatic heterocycles. The second kappa shape index (κ2) is 10.9. The number of carbonyl (C=O) groups is 1. The Morgan fingerprint density at radius 1 is 0.878 bits per heavy atom. The van der Waals surface area contributed by atoms with Crippen molar-refractivity contribution in [3.63, 3.8) is 0 Å². The van der Waals surface area contributed by atoms with E-state index in [1.165, 1.54) is 0 Å². The Labute approximate surface area is 243 Å². The fourth-order valence-corrected chi connectivity index (χ4v) is 5.83. The van der Waals surface area contributed by atoms with E-state index >= 15 is 0 Å². The third-order valence-corrected chi connectivity index (χ3v) is 7.67. The third kappa shape index (κ3) is 5.05. The highest BCUT2D eigenvalue weighted by atomic mass is 32.1. The summed E-state index contributed by atoms with van der Waals surface area (Å²) in [7, 11) is 0. The lowest BCUT2D eigenvalue weighted by Gasteiger charge is -2.28. The van der Waals surface area contributed by atoms with Gasteiger partial charge in [-0.3, -0.25) is 4.98 Å². The number of nitrogens with one attached hydrogen (secondary N) is 1. The Kier molecular flexibility index (Phi) is 6.99. The zero-order chi connectivity index (χ0) is 28.5. The van der Waals surface area contributed by atoms with E-state index < -0.39 is 5.97 Å². The van der Waals surface area contributed by atoms with Gasteiger partial charge in [0.15, 0.2) is 5.11 Å². The molecule has 7 nitrogen and oxygen atoms in total. The second-order valence-electron chi connectivity index (χ2n) is 9.92. The summed E-state index contributed by atoms with van der Waals surface area (Å²) in [5.41, 5.74) is 6.14. The summed E-state index contributed by atoms with van der Waals surface area (Å²) in [5.74, 6) is 0.562. The van der Waals surface area contributed by atoms with Crippen LogP contribution in [0.15, 0.2) is 109 Å². The number of pyridine rings is 1. The number of benzene rings is 3. The lowest BCUT2D eigenvalue weighted by molar-refractivity contribution is 0.0697. The number of aromatic nitrogens is 2. The average molecular weight is 561 g/mol. The van der Waals surface area contributed by atoms with Crippen LogP contribution in [0.5, 0.6) is 11.5 Å². The van der Waals surface area contributed by atoms with Crippen molar-refractivity contribution in [1.29, 1.82) is 0 Å². The SMILES string of the molecule is Cc1cc([C@@H]2[C@H](c3ccccn3)NC(=S)N2c2ccc(Oc3ccccc3)cc2)c(C)n1-c1ccc(C(=O)O)cc1. The zero-order valence-electron chi connectivity index (χ0n) is 22.6. The summed E-state index contributed by atoms with van der Waals surface area (Å²) >= 11 is 5.92. The predicted octanol–water partition coefficient (Wildman–Crippen LogP) is 7.16. The minimum atomic E-state index is -0.947. The molecule has 6 rings (SSSR count). The molecule has 3 aromatic carbocycles. The van der Waals surface area contributed by atoms with Crippen LogP contribution in [-0.2, 0) is 0 Å². The van der Waals surface area contributed by atoms with Crippen molar-refractivity contribution < 1.29 is 14.6 Å². The number of carboxylic acids is 1. The molecule has 1 aliphatic rings. The normalized spacial score (nSPS) is 16.4. The van der Waals surface area contributed by atoms with Crippen LogP contribution in [0.3, 0.4) is 0 Å². The molecular weight excluding hydrogens is 532 g/mol. The van der Waals surface area contributed by atoms with Crippen molar-refractivity contribution in [2.24, 2.45) is 0 Å². The number of hydrogen-bond acceptors (Lipinski definition) is 4. The lowest BCUT2D eigenvalue weighted by Crippen LogP contribution is -2.29. The number of anilines is 1. The van der Waals surface area contributed by atoms with E-state index in [0.717, 1.165) is 45.5 Å². The molecule has 3 heterocycles. The van der Waals surface area contributed by atoms with Crippen LogP contribution < -0.4 is 15.0 Å². The van der Waals surface area contributed by atoms with E-state index in [1.54, 1.807) is 18.3 Å². The van der Waals surface area contributed by atoms with E-state index in [1.807, 2.05) is 84.9 Å². The van der Waals surface area contributed by atoms with Crippen molar-refractivity contribution >= 4 is 29.0 Å². The largest absolute Gasteiger partial charge is 0.478 e. The zero-order valence-corrected chi connectivity index (χ0v) is 23.4. The summed E-state index contributed by atoms with van der Waals surface area (Å²) in [6, 6.07) is 32.3. The molecule has 2 aromatic heterocycles. The molecule has 0 saturated carbocycles. The molecule has 1 saturated heterocycles. The Balaban J connectivity index is 1.41. The number of thiocarbonyl (C=S) groups is 1. The quantitative estimate of drug-likeness (QED) is 0.205. The van der Waals surface area contributed by atoms with Gasteiger partial charge in [0.1, 0.15) is 11.5 Å². The summed E-state index contributed by atoms with van der Waals surface area (Å²) in [6.07, 6.45) is 1.79. The minimum absolute atomic E-state index is 0.184. The lowest BCUT2D eigenvalue weighted by atomic mass is 9.96. The standard InChI is InChI=1S/C33H28N4O3S/c1-21-20-28(22(2)36(21)24-13-11-23(12-14-24)32(38)39)31-30(29-10-6-7-19-34-29)35-33(41)37(31)25-15-17-27(18-16-25)40-26-8-4-3-5-9-26/h3-20,30-31H,1-2H3,(H,35,41)(H,38,39)/t30-,31+/m0/s1. The van der Waals surface area contributed by atoms with Gasteiger partial charge in [0.05, 0.1) is 23.3 Å². The second-order valence-corrected chi connectivity index (χ2v) is 10.3. The van der Waals surface area contributed by atoms with Gasteiger partial charge >= 0.3 is 5.97 Å². The topological polar surface area (TPSA) is 79.6 Å². The van der Waals surface area contributed by atoms with E-state index in [2.05, 4.69) is 39.7 Å². The highest BCUT2D eigenvalue weighted by Gasteiger charge is 2.42. The Morgan fingerprint density at radius 2 is 1.54 bits per heavy atom. The van der Waals surface area contributed by atoms with Crippen LogP contribution in [0.1, 0.15) is 45.1 Å². The Bertz CT molecular complexity index is 1700. The Hall–Kier alpha value is -4.95. The van der Waals surface area contributed by atoms with Gasteiger partial charge in [0, 0.05) is 29.0 Å². The molecule has 0 unspecified atom stereocenters. The molecule has 2 N–H and O–H groups in total. The van der Waals surface area contributed by atoms with Crippen molar-refractivity contribution in [3.05, 3.63) is 138 Å². The number of aryl methyl sites for hydroxylation is 1. The number of carboxylic acid groups (broad SMARTS) is 1. The molecule has 0 amide bonds. The van der Waals surface area contributed by atoms with Gasteiger partial charge in [0.25, 0.3) is 0 Å². The molecular formula is C33H28N4O3S. The molecule has 0 bridgehead atoms. The number of nitrogens with zero attached hydrogens (tertiary/aromatic N) is 3. The molecule has 0 radical (unpaired) electrons. The van der Waals surface area contributed by atoms with Gasteiger partial charge in [-0.1, -0.05) is 24.3 Å². The van der Waals surface area contributed by atoms with E-state index in [0.29, 0.717) is 5.11 Å². The van der Waals surface area contributed by atoms with Crippen LogP contribution in [0, 0.1) is 13.8 Å².